The summed E-state index contributed by atoms with van der Waals surface area (Å²) in [5.41, 5.74) is 1.05. The first kappa shape index (κ1) is 15.4. The fourth-order valence-electron chi connectivity index (χ4n) is 2.70. The highest BCUT2D eigenvalue weighted by molar-refractivity contribution is 5.16. The molecule has 0 aliphatic carbocycles. The number of aryl methyl sites for hydroxylation is 1. The van der Waals surface area contributed by atoms with Gasteiger partial charge in [-0.3, -0.25) is 0 Å². The van der Waals surface area contributed by atoms with Crippen molar-refractivity contribution in [2.75, 3.05) is 0 Å². The largest absolute Gasteiger partial charge is 0.389 e. The van der Waals surface area contributed by atoms with Gasteiger partial charge in [0.05, 0.1) is 12.2 Å². The normalized spacial score (nSPS) is 34.1. The Bertz CT molecular complexity index is 426. The van der Waals surface area contributed by atoms with E-state index < -0.39 is 18.3 Å². The highest BCUT2D eigenvalue weighted by Gasteiger charge is 2.39. The molecule has 1 fully saturated rings. The van der Waals surface area contributed by atoms with Crippen LogP contribution in [-0.2, 0) is 6.42 Å². The second-order valence-corrected chi connectivity index (χ2v) is 5.55. The van der Waals surface area contributed by atoms with Gasteiger partial charge in [0.2, 0.25) is 0 Å². The lowest BCUT2D eigenvalue weighted by atomic mass is 9.88. The van der Waals surface area contributed by atoms with Gasteiger partial charge in [-0.1, -0.05) is 12.1 Å². The SMILES string of the molecule is C[C@@H]1N[C@H](CCCc2ccc(F)cc2)[C@@H](O)[C@H](O)[C@@H]1O. The molecule has 2 rings (SSSR count). The first-order chi connectivity index (χ1) is 9.49. The maximum Gasteiger partial charge on any atom is 0.123 e. The third kappa shape index (κ3) is 3.55. The minimum absolute atomic E-state index is 0.233. The smallest absolute Gasteiger partial charge is 0.123 e. The van der Waals surface area contributed by atoms with Gasteiger partial charge in [-0.05, 0) is 43.9 Å². The lowest BCUT2D eigenvalue weighted by Gasteiger charge is -2.40. The molecule has 5 heteroatoms. The lowest BCUT2D eigenvalue weighted by Crippen LogP contribution is -2.63. The second-order valence-electron chi connectivity index (χ2n) is 5.55. The molecule has 112 valence electrons. The van der Waals surface area contributed by atoms with Crippen LogP contribution in [0.4, 0.5) is 4.39 Å². The summed E-state index contributed by atoms with van der Waals surface area (Å²) in [6.45, 7) is 1.78. The fraction of sp³-hybridized carbons (Fsp3) is 0.600. The summed E-state index contributed by atoms with van der Waals surface area (Å²) in [5.74, 6) is -0.246. The molecular weight excluding hydrogens is 261 g/mol. The van der Waals surface area contributed by atoms with E-state index in [0.717, 1.165) is 18.4 Å². The van der Waals surface area contributed by atoms with Crippen LogP contribution in [0.2, 0.25) is 0 Å². The van der Waals surface area contributed by atoms with E-state index in [2.05, 4.69) is 5.32 Å². The molecule has 20 heavy (non-hydrogen) atoms. The Labute approximate surface area is 118 Å². The van der Waals surface area contributed by atoms with Crippen molar-refractivity contribution in [2.45, 2.75) is 56.6 Å². The molecule has 1 aromatic rings. The topological polar surface area (TPSA) is 72.7 Å². The maximum atomic E-state index is 12.8. The number of benzene rings is 1. The Kier molecular flexibility index (Phi) is 5.10. The van der Waals surface area contributed by atoms with E-state index in [1.807, 2.05) is 0 Å². The van der Waals surface area contributed by atoms with Gasteiger partial charge < -0.3 is 20.6 Å². The molecule has 0 radical (unpaired) electrons. The molecular formula is C15H22FNO3. The van der Waals surface area contributed by atoms with Crippen LogP contribution in [0, 0.1) is 5.82 Å². The first-order valence-electron chi connectivity index (χ1n) is 7.03. The number of halogens is 1. The average molecular weight is 283 g/mol. The molecule has 0 bridgehead atoms. The zero-order valence-corrected chi connectivity index (χ0v) is 11.5. The molecule has 4 nitrogen and oxygen atoms in total. The summed E-state index contributed by atoms with van der Waals surface area (Å²) in [7, 11) is 0. The standard InChI is InChI=1S/C15H22FNO3/c1-9-13(18)15(20)14(19)12(17-9)4-2-3-10-5-7-11(16)8-6-10/h5-9,12-15,17-20H,2-4H2,1H3/t9-,12+,13+,14+,15+/m0/s1. The Morgan fingerprint density at radius 3 is 2.35 bits per heavy atom. The number of hydrogen-bond acceptors (Lipinski definition) is 4. The van der Waals surface area contributed by atoms with Crippen molar-refractivity contribution in [3.63, 3.8) is 0 Å². The number of hydrogen-bond donors (Lipinski definition) is 4. The zero-order chi connectivity index (χ0) is 14.7. The van der Waals surface area contributed by atoms with Crippen molar-refractivity contribution in [2.24, 2.45) is 0 Å². The van der Waals surface area contributed by atoms with Gasteiger partial charge in [0.25, 0.3) is 0 Å². The Morgan fingerprint density at radius 1 is 1.05 bits per heavy atom. The van der Waals surface area contributed by atoms with Gasteiger partial charge in [0.15, 0.2) is 0 Å². The molecule has 0 saturated carbocycles. The molecule has 0 spiro atoms. The van der Waals surface area contributed by atoms with Crippen LogP contribution >= 0.6 is 0 Å². The first-order valence-corrected chi connectivity index (χ1v) is 7.03. The molecule has 1 saturated heterocycles. The van der Waals surface area contributed by atoms with Crippen molar-refractivity contribution < 1.29 is 19.7 Å². The number of aliphatic hydroxyl groups excluding tert-OH is 3. The molecule has 1 aromatic carbocycles. The molecule has 1 heterocycles. The number of piperidine rings is 1. The summed E-state index contributed by atoms with van der Waals surface area (Å²) < 4.78 is 12.8. The van der Waals surface area contributed by atoms with E-state index in [1.165, 1.54) is 12.1 Å². The highest BCUT2D eigenvalue weighted by Crippen LogP contribution is 2.19. The Hall–Kier alpha value is -1.01. The van der Waals surface area contributed by atoms with Crippen LogP contribution in [0.25, 0.3) is 0 Å². The van der Waals surface area contributed by atoms with E-state index in [0.29, 0.717) is 6.42 Å². The van der Waals surface area contributed by atoms with E-state index in [1.54, 1.807) is 19.1 Å². The third-order valence-corrected chi connectivity index (χ3v) is 4.00. The third-order valence-electron chi connectivity index (χ3n) is 4.00. The summed E-state index contributed by atoms with van der Waals surface area (Å²) in [6, 6.07) is 5.90. The van der Waals surface area contributed by atoms with E-state index in [-0.39, 0.29) is 17.9 Å². The predicted octanol–water partition coefficient (Wildman–Crippen LogP) is 0.591. The van der Waals surface area contributed by atoms with Gasteiger partial charge in [-0.25, -0.2) is 4.39 Å². The molecule has 1 aliphatic rings. The van der Waals surface area contributed by atoms with E-state index in [4.69, 9.17) is 0 Å². The zero-order valence-electron chi connectivity index (χ0n) is 11.5. The summed E-state index contributed by atoms with van der Waals surface area (Å²) in [5, 5.41) is 32.5. The summed E-state index contributed by atoms with van der Waals surface area (Å²) in [4.78, 5) is 0. The van der Waals surface area contributed by atoms with Crippen molar-refractivity contribution in [3.05, 3.63) is 35.6 Å². The van der Waals surface area contributed by atoms with Gasteiger partial charge in [-0.15, -0.1) is 0 Å². The van der Waals surface area contributed by atoms with Crippen LogP contribution in [0.15, 0.2) is 24.3 Å². The van der Waals surface area contributed by atoms with Crippen LogP contribution in [0.1, 0.15) is 25.3 Å². The predicted molar refractivity (Wildman–Crippen MR) is 73.7 cm³/mol. The lowest BCUT2D eigenvalue weighted by molar-refractivity contribution is -0.111. The molecule has 0 aromatic heterocycles. The van der Waals surface area contributed by atoms with Crippen molar-refractivity contribution in [1.82, 2.24) is 5.32 Å². The molecule has 4 N–H and O–H groups in total. The molecule has 5 atom stereocenters. The Morgan fingerprint density at radius 2 is 1.70 bits per heavy atom. The van der Waals surface area contributed by atoms with E-state index >= 15 is 0 Å². The average Bonchev–Trinajstić information content (AvgIpc) is 2.44. The van der Waals surface area contributed by atoms with Crippen LogP contribution in [0.3, 0.4) is 0 Å². The van der Waals surface area contributed by atoms with E-state index in [9.17, 15) is 19.7 Å². The second kappa shape index (κ2) is 6.63. The minimum Gasteiger partial charge on any atom is -0.389 e. The number of rotatable bonds is 4. The molecule has 0 amide bonds. The van der Waals surface area contributed by atoms with Gasteiger partial charge >= 0.3 is 0 Å². The van der Waals surface area contributed by atoms with Gasteiger partial charge in [0, 0.05) is 12.1 Å². The van der Waals surface area contributed by atoms with Crippen LogP contribution in [-0.4, -0.2) is 45.7 Å². The van der Waals surface area contributed by atoms with Crippen molar-refractivity contribution in [3.8, 4) is 0 Å². The minimum atomic E-state index is -1.11. The number of nitrogens with one attached hydrogen (secondary N) is 1. The van der Waals surface area contributed by atoms with Crippen LogP contribution < -0.4 is 5.32 Å². The quantitative estimate of drug-likeness (QED) is 0.653. The van der Waals surface area contributed by atoms with Crippen molar-refractivity contribution >= 4 is 0 Å². The summed E-state index contributed by atoms with van der Waals surface area (Å²) in [6.07, 6.45) is -0.726. The molecule has 0 unspecified atom stereocenters. The highest BCUT2D eigenvalue weighted by atomic mass is 19.1. The Balaban J connectivity index is 1.83. The number of aliphatic hydroxyl groups is 3. The van der Waals surface area contributed by atoms with Crippen molar-refractivity contribution in [1.29, 1.82) is 0 Å². The maximum absolute atomic E-state index is 12.8. The monoisotopic (exact) mass is 283 g/mol. The summed E-state index contributed by atoms with van der Waals surface area (Å²) >= 11 is 0. The van der Waals surface area contributed by atoms with Gasteiger partial charge in [-0.2, -0.15) is 0 Å². The fourth-order valence-corrected chi connectivity index (χ4v) is 2.70. The molecule has 1 aliphatic heterocycles. The van der Waals surface area contributed by atoms with Crippen LogP contribution in [0.5, 0.6) is 0 Å². The van der Waals surface area contributed by atoms with Gasteiger partial charge in [0.1, 0.15) is 11.9 Å².